The largest absolute Gasteiger partial charge is 0.340 e. The summed E-state index contributed by atoms with van der Waals surface area (Å²) in [6.45, 7) is 7.23. The Morgan fingerprint density at radius 2 is 2.30 bits per heavy atom. The topological polar surface area (TPSA) is 28.2 Å². The summed E-state index contributed by atoms with van der Waals surface area (Å²) in [6.07, 6.45) is 2.62. The van der Waals surface area contributed by atoms with Gasteiger partial charge < -0.3 is 10.2 Å². The molecule has 20 heavy (non-hydrogen) atoms. The fourth-order valence-corrected chi connectivity index (χ4v) is 4.05. The van der Waals surface area contributed by atoms with Gasteiger partial charge >= 0.3 is 0 Å². The number of nitrogens with zero attached hydrogens (tertiary/aromatic N) is 2. The molecule has 0 spiro atoms. The summed E-state index contributed by atoms with van der Waals surface area (Å²) < 4.78 is 0. The van der Waals surface area contributed by atoms with Crippen LogP contribution in [0, 0.1) is 6.92 Å². The number of nitrogens with one attached hydrogen (secondary N) is 1. The van der Waals surface area contributed by atoms with Gasteiger partial charge in [0.05, 0.1) is 12.2 Å². The lowest BCUT2D eigenvalue weighted by Crippen LogP contribution is -2.24. The molecule has 0 aromatic carbocycles. The molecule has 1 fully saturated rings. The van der Waals surface area contributed by atoms with Crippen LogP contribution in [0.4, 0.5) is 5.13 Å². The van der Waals surface area contributed by atoms with Gasteiger partial charge in [-0.05, 0) is 37.8 Å². The second kappa shape index (κ2) is 6.24. The third-order valence-corrected chi connectivity index (χ3v) is 5.61. The predicted molar refractivity (Wildman–Crippen MR) is 87.8 cm³/mol. The Kier molecular flexibility index (Phi) is 4.38. The van der Waals surface area contributed by atoms with Crippen LogP contribution in [-0.4, -0.2) is 17.6 Å². The molecule has 2 aromatic heterocycles. The van der Waals surface area contributed by atoms with E-state index in [2.05, 4.69) is 41.6 Å². The lowest BCUT2D eigenvalue weighted by Gasteiger charge is -2.20. The van der Waals surface area contributed by atoms with Crippen molar-refractivity contribution in [3.63, 3.8) is 0 Å². The van der Waals surface area contributed by atoms with Gasteiger partial charge in [-0.15, -0.1) is 22.7 Å². The highest BCUT2D eigenvalue weighted by atomic mass is 32.1. The fraction of sp³-hybridized carbons (Fsp3) is 0.533. The Morgan fingerprint density at radius 3 is 2.95 bits per heavy atom. The second-order valence-electron chi connectivity index (χ2n) is 5.22. The van der Waals surface area contributed by atoms with Crippen molar-refractivity contribution in [2.24, 2.45) is 0 Å². The molecule has 1 N–H and O–H groups in total. The molecule has 1 aliphatic rings. The van der Waals surface area contributed by atoms with Gasteiger partial charge in [-0.3, -0.25) is 0 Å². The van der Waals surface area contributed by atoms with E-state index in [1.165, 1.54) is 33.4 Å². The molecule has 2 heterocycles. The molecule has 0 unspecified atom stereocenters. The minimum Gasteiger partial charge on any atom is -0.340 e. The zero-order chi connectivity index (χ0) is 13.9. The van der Waals surface area contributed by atoms with Crippen LogP contribution in [0.2, 0.25) is 0 Å². The molecule has 0 radical (unpaired) electrons. The lowest BCUT2D eigenvalue weighted by atomic mass is 10.4. The normalized spacial score (nSPS) is 14.7. The number of aromatic nitrogens is 1. The number of aryl methyl sites for hydroxylation is 1. The molecule has 0 aliphatic heterocycles. The van der Waals surface area contributed by atoms with Gasteiger partial charge in [0.15, 0.2) is 5.13 Å². The summed E-state index contributed by atoms with van der Waals surface area (Å²) >= 11 is 3.69. The summed E-state index contributed by atoms with van der Waals surface area (Å²) in [5.41, 5.74) is 1.18. The van der Waals surface area contributed by atoms with Crippen LogP contribution >= 0.6 is 22.7 Å². The Labute approximate surface area is 128 Å². The molecule has 2 aromatic rings. The molecule has 3 nitrogen and oxygen atoms in total. The number of thiophene rings is 1. The molecular formula is C15H21N3S2. The van der Waals surface area contributed by atoms with E-state index in [-0.39, 0.29) is 0 Å². The molecule has 0 amide bonds. The van der Waals surface area contributed by atoms with Crippen LogP contribution in [0.15, 0.2) is 17.5 Å². The second-order valence-corrected chi connectivity index (χ2v) is 7.32. The fourth-order valence-electron chi connectivity index (χ4n) is 2.25. The van der Waals surface area contributed by atoms with Crippen LogP contribution in [0.1, 0.15) is 35.2 Å². The van der Waals surface area contributed by atoms with Crippen molar-refractivity contribution in [2.45, 2.75) is 45.8 Å². The third-order valence-electron chi connectivity index (χ3n) is 3.56. The van der Waals surface area contributed by atoms with Crippen molar-refractivity contribution in [2.75, 3.05) is 11.4 Å². The minimum absolute atomic E-state index is 0.703. The average Bonchev–Trinajstić information content (AvgIpc) is 3.03. The Bertz CT molecular complexity index is 543. The summed E-state index contributed by atoms with van der Waals surface area (Å²) in [5, 5.41) is 6.76. The van der Waals surface area contributed by atoms with Crippen molar-refractivity contribution < 1.29 is 0 Å². The third kappa shape index (κ3) is 3.22. The molecule has 5 heteroatoms. The summed E-state index contributed by atoms with van der Waals surface area (Å²) in [4.78, 5) is 10.1. The van der Waals surface area contributed by atoms with Gasteiger partial charge in [0, 0.05) is 22.3 Å². The smallest absolute Gasteiger partial charge is 0.186 e. The molecule has 0 saturated heterocycles. The maximum absolute atomic E-state index is 4.81. The maximum Gasteiger partial charge on any atom is 0.186 e. The van der Waals surface area contributed by atoms with Crippen LogP contribution in [0.3, 0.4) is 0 Å². The van der Waals surface area contributed by atoms with Gasteiger partial charge in [-0.1, -0.05) is 13.0 Å². The van der Waals surface area contributed by atoms with E-state index in [0.29, 0.717) is 6.04 Å². The minimum atomic E-state index is 0.703. The molecular weight excluding hydrogens is 286 g/mol. The first-order valence-corrected chi connectivity index (χ1v) is 8.93. The molecule has 0 atom stereocenters. The van der Waals surface area contributed by atoms with Crippen LogP contribution in [0.5, 0.6) is 0 Å². The van der Waals surface area contributed by atoms with Crippen molar-refractivity contribution in [3.8, 4) is 0 Å². The predicted octanol–water partition coefficient (Wildman–Crippen LogP) is 3.79. The van der Waals surface area contributed by atoms with E-state index in [1.54, 1.807) is 0 Å². The number of thiazole rings is 1. The molecule has 1 saturated carbocycles. The molecule has 1 aliphatic carbocycles. The van der Waals surface area contributed by atoms with Crippen LogP contribution < -0.4 is 10.2 Å². The molecule has 108 valence electrons. The number of hydrogen-bond acceptors (Lipinski definition) is 5. The first-order valence-electron chi connectivity index (χ1n) is 7.24. The zero-order valence-corrected chi connectivity index (χ0v) is 13.7. The highest BCUT2D eigenvalue weighted by molar-refractivity contribution is 7.15. The van der Waals surface area contributed by atoms with Crippen molar-refractivity contribution in [1.82, 2.24) is 10.3 Å². The van der Waals surface area contributed by atoms with E-state index in [9.17, 15) is 0 Å². The number of anilines is 1. The Hall–Kier alpha value is -0.910. The van der Waals surface area contributed by atoms with E-state index in [0.717, 1.165) is 19.6 Å². The SMILES string of the molecule is CCNCc1sc(N(Cc2cccs2)C2CC2)nc1C. The molecule has 3 rings (SSSR count). The lowest BCUT2D eigenvalue weighted by molar-refractivity contribution is 0.730. The summed E-state index contributed by atoms with van der Waals surface area (Å²) in [6, 6.07) is 5.06. The van der Waals surface area contributed by atoms with Crippen LogP contribution in [0.25, 0.3) is 0 Å². The number of rotatable bonds is 7. The van der Waals surface area contributed by atoms with Gasteiger partial charge in [0.2, 0.25) is 0 Å². The monoisotopic (exact) mass is 307 g/mol. The standard InChI is InChI=1S/C15H21N3S2/c1-3-16-9-14-11(2)17-15(20-14)18(12-6-7-12)10-13-5-4-8-19-13/h4-5,8,12,16H,3,6-7,9-10H2,1-2H3. The van der Waals surface area contributed by atoms with E-state index >= 15 is 0 Å². The van der Waals surface area contributed by atoms with E-state index in [1.807, 2.05) is 22.7 Å². The van der Waals surface area contributed by atoms with Gasteiger partial charge in [0.25, 0.3) is 0 Å². The highest BCUT2D eigenvalue weighted by Gasteiger charge is 2.31. The van der Waals surface area contributed by atoms with Crippen molar-refractivity contribution in [1.29, 1.82) is 0 Å². The Morgan fingerprint density at radius 1 is 1.45 bits per heavy atom. The van der Waals surface area contributed by atoms with Gasteiger partial charge in [-0.25, -0.2) is 4.98 Å². The first kappa shape index (κ1) is 14.0. The summed E-state index contributed by atoms with van der Waals surface area (Å²) in [7, 11) is 0. The van der Waals surface area contributed by atoms with Gasteiger partial charge in [0.1, 0.15) is 0 Å². The van der Waals surface area contributed by atoms with Crippen LogP contribution in [-0.2, 0) is 13.1 Å². The quantitative estimate of drug-likeness (QED) is 0.843. The van der Waals surface area contributed by atoms with Gasteiger partial charge in [-0.2, -0.15) is 0 Å². The zero-order valence-electron chi connectivity index (χ0n) is 12.1. The summed E-state index contributed by atoms with van der Waals surface area (Å²) in [5.74, 6) is 0. The van der Waals surface area contributed by atoms with Crippen molar-refractivity contribution in [3.05, 3.63) is 33.0 Å². The maximum atomic E-state index is 4.81. The number of hydrogen-bond donors (Lipinski definition) is 1. The first-order chi connectivity index (χ1) is 9.78. The average molecular weight is 307 g/mol. The van der Waals surface area contributed by atoms with Crippen molar-refractivity contribution >= 4 is 27.8 Å². The van der Waals surface area contributed by atoms with E-state index < -0.39 is 0 Å². The Balaban J connectivity index is 1.77. The highest BCUT2D eigenvalue weighted by Crippen LogP contribution is 2.36. The molecule has 0 bridgehead atoms. The van der Waals surface area contributed by atoms with E-state index in [4.69, 9.17) is 4.98 Å².